The van der Waals surface area contributed by atoms with Crippen molar-refractivity contribution in [3.8, 4) is 0 Å². The number of sulfone groups is 1. The van der Waals surface area contributed by atoms with E-state index in [0.29, 0.717) is 0 Å². The highest BCUT2D eigenvalue weighted by Gasteiger charge is 2.24. The van der Waals surface area contributed by atoms with Gasteiger partial charge in [-0.05, 0) is 38.1 Å². The number of amides is 1. The third kappa shape index (κ3) is 6.72. The molecule has 0 spiro atoms. The van der Waals surface area contributed by atoms with E-state index in [1.165, 1.54) is 19.1 Å². The number of carbonyl (C=O) groups is 1. The fourth-order valence-electron chi connectivity index (χ4n) is 1.63. The smallest absolute Gasteiger partial charge is 0.223 e. The SMILES string of the molecule is CC(CS(=O)(=O)c1ccc(F)cc1)C(=O)NCC(C)(C)N.Cl. The van der Waals surface area contributed by atoms with Gasteiger partial charge in [0.2, 0.25) is 5.91 Å². The maximum Gasteiger partial charge on any atom is 0.223 e. The Hall–Kier alpha value is -1.18. The van der Waals surface area contributed by atoms with E-state index in [4.69, 9.17) is 5.73 Å². The molecule has 0 aliphatic heterocycles. The quantitative estimate of drug-likeness (QED) is 0.759. The van der Waals surface area contributed by atoms with Crippen LogP contribution in [0.2, 0.25) is 0 Å². The molecule has 0 aliphatic carbocycles. The van der Waals surface area contributed by atoms with E-state index in [1.807, 2.05) is 0 Å². The molecule has 1 amide bonds. The average molecular weight is 353 g/mol. The molecule has 0 aromatic heterocycles. The standard InChI is InChI=1S/C14H21FN2O3S.ClH/c1-10(13(18)17-9-14(2,3)16)8-21(19,20)12-6-4-11(15)5-7-12;/h4-7,10H,8-9,16H2,1-3H3,(H,17,18);1H. The maximum atomic E-state index is 12.8. The lowest BCUT2D eigenvalue weighted by molar-refractivity contribution is -0.124. The van der Waals surface area contributed by atoms with Crippen LogP contribution in [0.4, 0.5) is 4.39 Å². The predicted octanol–water partition coefficient (Wildman–Crippen LogP) is 1.51. The number of hydrogen-bond acceptors (Lipinski definition) is 4. The Kier molecular flexibility index (Phi) is 7.47. The summed E-state index contributed by atoms with van der Waals surface area (Å²) in [6.07, 6.45) is 0. The van der Waals surface area contributed by atoms with E-state index in [0.717, 1.165) is 12.1 Å². The van der Waals surface area contributed by atoms with Crippen LogP contribution < -0.4 is 11.1 Å². The van der Waals surface area contributed by atoms with Gasteiger partial charge in [-0.3, -0.25) is 4.79 Å². The first-order chi connectivity index (χ1) is 9.51. The van der Waals surface area contributed by atoms with Gasteiger partial charge in [0, 0.05) is 18.0 Å². The number of halogens is 2. The molecule has 1 aromatic rings. The summed E-state index contributed by atoms with van der Waals surface area (Å²) in [7, 11) is -3.63. The molecule has 0 saturated heterocycles. The molecule has 1 atom stereocenters. The predicted molar refractivity (Wildman–Crippen MR) is 86.1 cm³/mol. The van der Waals surface area contributed by atoms with Crippen LogP contribution in [0.15, 0.2) is 29.2 Å². The lowest BCUT2D eigenvalue weighted by atomic mass is 10.1. The Morgan fingerprint density at radius 2 is 1.82 bits per heavy atom. The van der Waals surface area contributed by atoms with Gasteiger partial charge < -0.3 is 11.1 Å². The van der Waals surface area contributed by atoms with Gasteiger partial charge >= 0.3 is 0 Å². The van der Waals surface area contributed by atoms with Crippen molar-refractivity contribution < 1.29 is 17.6 Å². The van der Waals surface area contributed by atoms with Crippen molar-refractivity contribution in [2.45, 2.75) is 31.2 Å². The average Bonchev–Trinajstić information content (AvgIpc) is 2.35. The van der Waals surface area contributed by atoms with Crippen LogP contribution in [0.1, 0.15) is 20.8 Å². The number of carbonyl (C=O) groups excluding carboxylic acids is 1. The second kappa shape index (κ2) is 7.89. The zero-order valence-corrected chi connectivity index (χ0v) is 14.4. The molecule has 0 radical (unpaired) electrons. The Labute approximate surface area is 136 Å². The van der Waals surface area contributed by atoms with E-state index >= 15 is 0 Å². The molecule has 0 bridgehead atoms. The van der Waals surface area contributed by atoms with Gasteiger partial charge in [0.1, 0.15) is 5.82 Å². The molecule has 0 heterocycles. The van der Waals surface area contributed by atoms with E-state index in [1.54, 1.807) is 13.8 Å². The van der Waals surface area contributed by atoms with Crippen molar-refractivity contribution in [3.63, 3.8) is 0 Å². The third-order valence-electron chi connectivity index (χ3n) is 2.81. The zero-order chi connectivity index (χ0) is 16.3. The molecule has 1 rings (SSSR count). The summed E-state index contributed by atoms with van der Waals surface area (Å²) in [6, 6.07) is 4.54. The van der Waals surface area contributed by atoms with Crippen LogP contribution in [0, 0.1) is 11.7 Å². The molecular weight excluding hydrogens is 331 g/mol. The fraction of sp³-hybridized carbons (Fsp3) is 0.500. The molecule has 0 saturated carbocycles. The summed E-state index contributed by atoms with van der Waals surface area (Å²) in [5, 5.41) is 2.62. The van der Waals surface area contributed by atoms with E-state index in [-0.39, 0.29) is 35.5 Å². The van der Waals surface area contributed by atoms with Gasteiger partial charge in [-0.1, -0.05) is 6.92 Å². The monoisotopic (exact) mass is 352 g/mol. The highest BCUT2D eigenvalue weighted by atomic mass is 35.5. The van der Waals surface area contributed by atoms with Crippen LogP contribution in [0.3, 0.4) is 0 Å². The Balaban J connectivity index is 0.00000441. The molecule has 0 aliphatic rings. The number of benzene rings is 1. The van der Waals surface area contributed by atoms with Gasteiger partial charge in [0.25, 0.3) is 0 Å². The van der Waals surface area contributed by atoms with Crippen molar-refractivity contribution in [1.82, 2.24) is 5.32 Å². The summed E-state index contributed by atoms with van der Waals surface area (Å²) in [5.41, 5.74) is 5.18. The van der Waals surface area contributed by atoms with Crippen molar-refractivity contribution in [2.75, 3.05) is 12.3 Å². The molecule has 5 nitrogen and oxygen atoms in total. The summed E-state index contributed by atoms with van der Waals surface area (Å²) >= 11 is 0. The minimum atomic E-state index is -3.63. The molecule has 126 valence electrons. The lowest BCUT2D eigenvalue weighted by Gasteiger charge is -2.20. The lowest BCUT2D eigenvalue weighted by Crippen LogP contribution is -2.47. The second-order valence-electron chi connectivity index (χ2n) is 5.84. The van der Waals surface area contributed by atoms with Crippen LogP contribution in [-0.4, -0.2) is 32.2 Å². The number of nitrogens with one attached hydrogen (secondary N) is 1. The molecule has 8 heteroatoms. The van der Waals surface area contributed by atoms with Gasteiger partial charge in [-0.25, -0.2) is 12.8 Å². The first-order valence-electron chi connectivity index (χ1n) is 6.56. The Morgan fingerprint density at radius 1 is 1.32 bits per heavy atom. The summed E-state index contributed by atoms with van der Waals surface area (Å²) in [4.78, 5) is 11.9. The number of rotatable bonds is 6. The Bertz CT molecular complexity index is 598. The second-order valence-corrected chi connectivity index (χ2v) is 7.88. The summed E-state index contributed by atoms with van der Waals surface area (Å²) in [6.45, 7) is 5.30. The normalized spacial score (nSPS) is 13.1. The maximum absolute atomic E-state index is 12.8. The van der Waals surface area contributed by atoms with E-state index < -0.39 is 27.1 Å². The zero-order valence-electron chi connectivity index (χ0n) is 12.8. The molecule has 0 fully saturated rings. The first-order valence-corrected chi connectivity index (χ1v) is 8.21. The first kappa shape index (κ1) is 20.8. The number of hydrogen-bond donors (Lipinski definition) is 2. The van der Waals surface area contributed by atoms with Gasteiger partial charge in [0.15, 0.2) is 9.84 Å². The summed E-state index contributed by atoms with van der Waals surface area (Å²) in [5.74, 6) is -1.94. The van der Waals surface area contributed by atoms with Crippen molar-refractivity contribution in [3.05, 3.63) is 30.1 Å². The molecule has 1 aromatic carbocycles. The van der Waals surface area contributed by atoms with Crippen LogP contribution in [0.25, 0.3) is 0 Å². The highest BCUT2D eigenvalue weighted by Crippen LogP contribution is 2.15. The van der Waals surface area contributed by atoms with Gasteiger partial charge in [0.05, 0.1) is 10.6 Å². The van der Waals surface area contributed by atoms with E-state index in [2.05, 4.69) is 5.32 Å². The van der Waals surface area contributed by atoms with Crippen molar-refractivity contribution >= 4 is 28.2 Å². The fourth-order valence-corrected chi connectivity index (χ4v) is 3.18. The van der Waals surface area contributed by atoms with Crippen LogP contribution in [0.5, 0.6) is 0 Å². The summed E-state index contributed by atoms with van der Waals surface area (Å²) < 4.78 is 37.1. The van der Waals surface area contributed by atoms with Crippen LogP contribution in [-0.2, 0) is 14.6 Å². The molecular formula is C14H22ClFN2O3S. The van der Waals surface area contributed by atoms with Crippen LogP contribution >= 0.6 is 12.4 Å². The van der Waals surface area contributed by atoms with E-state index in [9.17, 15) is 17.6 Å². The molecule has 22 heavy (non-hydrogen) atoms. The minimum absolute atomic E-state index is 0. The number of nitrogens with two attached hydrogens (primary N) is 1. The highest BCUT2D eigenvalue weighted by molar-refractivity contribution is 7.91. The minimum Gasteiger partial charge on any atom is -0.354 e. The topological polar surface area (TPSA) is 89.3 Å². The van der Waals surface area contributed by atoms with Crippen molar-refractivity contribution in [1.29, 1.82) is 0 Å². The van der Waals surface area contributed by atoms with Crippen molar-refractivity contribution in [2.24, 2.45) is 11.7 Å². The molecule has 3 N–H and O–H groups in total. The third-order valence-corrected chi connectivity index (χ3v) is 4.74. The largest absolute Gasteiger partial charge is 0.354 e. The van der Waals surface area contributed by atoms with Gasteiger partial charge in [-0.2, -0.15) is 0 Å². The molecule has 1 unspecified atom stereocenters. The Morgan fingerprint density at radius 3 is 2.27 bits per heavy atom. The van der Waals surface area contributed by atoms with Gasteiger partial charge in [-0.15, -0.1) is 12.4 Å².